The molecule has 0 amide bonds. The van der Waals surface area contributed by atoms with Crippen LogP contribution in [0.5, 0.6) is 0 Å². The van der Waals surface area contributed by atoms with Gasteiger partial charge < -0.3 is 0 Å². The van der Waals surface area contributed by atoms with Gasteiger partial charge in [0, 0.05) is 6.92 Å². The van der Waals surface area contributed by atoms with Crippen molar-refractivity contribution in [3.05, 3.63) is 23.4 Å². The van der Waals surface area contributed by atoms with Crippen molar-refractivity contribution >= 4 is 12.5 Å². The number of hydrogen-bond acceptors (Lipinski definition) is 2. The van der Waals surface area contributed by atoms with Gasteiger partial charge in [0.1, 0.15) is 5.70 Å². The van der Waals surface area contributed by atoms with Crippen molar-refractivity contribution in [1.29, 1.82) is 0 Å². The monoisotopic (exact) mass is 179 g/mol. The predicted octanol–water partition coefficient (Wildman–Crippen LogP) is 2.76. The first-order valence-electron chi connectivity index (χ1n) is 4.35. The third-order valence-corrected chi connectivity index (χ3v) is 1.95. The summed E-state index contributed by atoms with van der Waals surface area (Å²) in [6, 6.07) is 0. The highest BCUT2D eigenvalue weighted by Gasteiger charge is 1.98. The van der Waals surface area contributed by atoms with Crippen LogP contribution in [0, 0.1) is 5.92 Å². The third kappa shape index (κ3) is 4.41. The van der Waals surface area contributed by atoms with E-state index in [0.717, 1.165) is 0 Å². The summed E-state index contributed by atoms with van der Waals surface area (Å²) in [5, 5.41) is 0. The van der Waals surface area contributed by atoms with E-state index in [-0.39, 0.29) is 5.78 Å². The molecule has 0 aromatic rings. The van der Waals surface area contributed by atoms with Crippen LogP contribution >= 0.6 is 0 Å². The standard InChI is InChI=1S/C11H17NO/c1-8(2)9(3)6-7-11(12-5)10(4)13/h6-8H,5H2,1-4H3/b9-6+,11-7-. The van der Waals surface area contributed by atoms with Gasteiger partial charge in [0.25, 0.3) is 0 Å². The Bertz CT molecular complexity index is 259. The van der Waals surface area contributed by atoms with Crippen LogP contribution < -0.4 is 0 Å². The van der Waals surface area contributed by atoms with E-state index in [1.807, 2.05) is 13.0 Å². The van der Waals surface area contributed by atoms with Gasteiger partial charge in [0.05, 0.1) is 0 Å². The highest BCUT2D eigenvalue weighted by Crippen LogP contribution is 2.09. The number of aliphatic imine (C=N–C) groups is 1. The summed E-state index contributed by atoms with van der Waals surface area (Å²) < 4.78 is 0. The number of Topliss-reactive ketones (excluding diaryl/α,β-unsaturated/α-hetero) is 1. The fourth-order valence-electron chi connectivity index (χ4n) is 0.684. The molecular formula is C11H17NO. The van der Waals surface area contributed by atoms with Crippen molar-refractivity contribution < 1.29 is 4.79 Å². The lowest BCUT2D eigenvalue weighted by molar-refractivity contribution is -0.113. The van der Waals surface area contributed by atoms with Crippen LogP contribution in [0.2, 0.25) is 0 Å². The number of rotatable bonds is 4. The highest BCUT2D eigenvalue weighted by molar-refractivity contribution is 5.93. The molecule has 0 aliphatic rings. The lowest BCUT2D eigenvalue weighted by Gasteiger charge is -2.02. The predicted molar refractivity (Wildman–Crippen MR) is 56.9 cm³/mol. The van der Waals surface area contributed by atoms with Crippen LogP contribution in [0.1, 0.15) is 27.7 Å². The molecule has 0 heterocycles. The Hall–Kier alpha value is -1.18. The average Bonchev–Trinajstić information content (AvgIpc) is 2.04. The first-order valence-corrected chi connectivity index (χ1v) is 4.35. The molecule has 0 aliphatic carbocycles. The molecule has 0 saturated heterocycles. The quantitative estimate of drug-likeness (QED) is 0.370. The zero-order chi connectivity index (χ0) is 10.4. The summed E-state index contributed by atoms with van der Waals surface area (Å²) in [6.07, 6.45) is 3.63. The lowest BCUT2D eigenvalue weighted by Crippen LogP contribution is -1.93. The summed E-state index contributed by atoms with van der Waals surface area (Å²) in [7, 11) is 0. The number of ketones is 1. The molecule has 0 N–H and O–H groups in total. The maximum Gasteiger partial charge on any atom is 0.178 e. The van der Waals surface area contributed by atoms with Gasteiger partial charge in [-0.3, -0.25) is 9.79 Å². The topological polar surface area (TPSA) is 29.4 Å². The van der Waals surface area contributed by atoms with Gasteiger partial charge in [-0.05, 0) is 25.6 Å². The van der Waals surface area contributed by atoms with Crippen LogP contribution in [0.15, 0.2) is 28.4 Å². The third-order valence-electron chi connectivity index (χ3n) is 1.95. The van der Waals surface area contributed by atoms with Crippen LogP contribution in [-0.4, -0.2) is 12.5 Å². The minimum absolute atomic E-state index is 0.0530. The Labute approximate surface area is 80.1 Å². The second kappa shape index (κ2) is 5.46. The molecule has 0 saturated carbocycles. The Balaban J connectivity index is 4.64. The highest BCUT2D eigenvalue weighted by atomic mass is 16.1. The van der Waals surface area contributed by atoms with Gasteiger partial charge in [0.15, 0.2) is 5.78 Å². The molecule has 0 aromatic carbocycles. The lowest BCUT2D eigenvalue weighted by atomic mass is 10.0. The molecule has 0 atom stereocenters. The molecule has 2 nitrogen and oxygen atoms in total. The molecular weight excluding hydrogens is 162 g/mol. The number of allylic oxidation sites excluding steroid dienone is 4. The molecule has 0 rings (SSSR count). The fraction of sp³-hybridized carbons (Fsp3) is 0.455. The van der Waals surface area contributed by atoms with E-state index in [1.54, 1.807) is 6.08 Å². The van der Waals surface area contributed by atoms with Crippen molar-refractivity contribution in [3.8, 4) is 0 Å². The van der Waals surface area contributed by atoms with E-state index >= 15 is 0 Å². The molecule has 0 aromatic heterocycles. The Kier molecular flexibility index (Phi) is 4.97. The number of hydrogen-bond donors (Lipinski definition) is 0. The minimum atomic E-state index is -0.0530. The van der Waals surface area contributed by atoms with E-state index in [4.69, 9.17) is 0 Å². The molecule has 0 spiro atoms. The van der Waals surface area contributed by atoms with Gasteiger partial charge in [-0.2, -0.15) is 0 Å². The van der Waals surface area contributed by atoms with Gasteiger partial charge in [0.2, 0.25) is 0 Å². The van der Waals surface area contributed by atoms with Gasteiger partial charge in [-0.25, -0.2) is 0 Å². The minimum Gasteiger partial charge on any atom is -0.293 e. The Morgan fingerprint density at radius 1 is 1.31 bits per heavy atom. The molecule has 0 unspecified atom stereocenters. The summed E-state index contributed by atoms with van der Waals surface area (Å²) in [5.74, 6) is 0.442. The van der Waals surface area contributed by atoms with E-state index < -0.39 is 0 Å². The van der Waals surface area contributed by atoms with Crippen molar-refractivity contribution in [2.45, 2.75) is 27.7 Å². The molecule has 0 bridgehead atoms. The van der Waals surface area contributed by atoms with E-state index in [1.165, 1.54) is 12.5 Å². The first-order chi connectivity index (χ1) is 5.99. The SMILES string of the molecule is C=N/C(=C\C=C(/C)C(C)C)C(C)=O. The Morgan fingerprint density at radius 2 is 1.85 bits per heavy atom. The Morgan fingerprint density at radius 3 is 2.15 bits per heavy atom. The van der Waals surface area contributed by atoms with Crippen molar-refractivity contribution in [3.63, 3.8) is 0 Å². The van der Waals surface area contributed by atoms with Crippen LogP contribution in [-0.2, 0) is 4.79 Å². The van der Waals surface area contributed by atoms with E-state index in [0.29, 0.717) is 11.6 Å². The van der Waals surface area contributed by atoms with Crippen molar-refractivity contribution in [2.24, 2.45) is 10.9 Å². The summed E-state index contributed by atoms with van der Waals surface area (Å²) >= 11 is 0. The number of nitrogens with zero attached hydrogens (tertiary/aromatic N) is 1. The maximum atomic E-state index is 10.9. The van der Waals surface area contributed by atoms with Crippen LogP contribution in [0.4, 0.5) is 0 Å². The van der Waals surface area contributed by atoms with E-state index in [2.05, 4.69) is 25.6 Å². The normalized spacial score (nSPS) is 13.3. The zero-order valence-corrected chi connectivity index (χ0v) is 8.79. The fourth-order valence-corrected chi connectivity index (χ4v) is 0.684. The molecule has 72 valence electrons. The largest absolute Gasteiger partial charge is 0.293 e. The van der Waals surface area contributed by atoms with Crippen LogP contribution in [0.25, 0.3) is 0 Å². The molecule has 0 fully saturated rings. The molecule has 0 aliphatic heterocycles. The second-order valence-corrected chi connectivity index (χ2v) is 3.33. The number of carbonyl (C=O) groups is 1. The smallest absolute Gasteiger partial charge is 0.178 e. The number of carbonyl (C=O) groups excluding carboxylic acids is 1. The van der Waals surface area contributed by atoms with Crippen molar-refractivity contribution in [2.75, 3.05) is 0 Å². The second-order valence-electron chi connectivity index (χ2n) is 3.33. The van der Waals surface area contributed by atoms with Crippen LogP contribution in [0.3, 0.4) is 0 Å². The van der Waals surface area contributed by atoms with E-state index in [9.17, 15) is 4.79 Å². The average molecular weight is 179 g/mol. The summed E-state index contributed by atoms with van der Waals surface area (Å²) in [5.41, 5.74) is 1.64. The molecule has 0 radical (unpaired) electrons. The molecule has 2 heteroatoms. The summed E-state index contributed by atoms with van der Waals surface area (Å²) in [6.45, 7) is 11.1. The van der Waals surface area contributed by atoms with Crippen molar-refractivity contribution in [1.82, 2.24) is 0 Å². The van der Waals surface area contributed by atoms with Gasteiger partial charge >= 0.3 is 0 Å². The summed E-state index contributed by atoms with van der Waals surface area (Å²) in [4.78, 5) is 14.6. The molecule has 13 heavy (non-hydrogen) atoms. The zero-order valence-electron chi connectivity index (χ0n) is 8.79. The van der Waals surface area contributed by atoms with Gasteiger partial charge in [-0.15, -0.1) is 0 Å². The first kappa shape index (κ1) is 11.8. The van der Waals surface area contributed by atoms with Gasteiger partial charge in [-0.1, -0.05) is 25.5 Å². The maximum absolute atomic E-state index is 10.9.